The lowest BCUT2D eigenvalue weighted by Crippen LogP contribution is -2.43. The van der Waals surface area contributed by atoms with Crippen LogP contribution in [-0.2, 0) is 27.3 Å². The number of hydrogen-bond donors (Lipinski definition) is 1. The molecule has 1 N–H and O–H groups in total. The molecule has 3 aromatic rings. The van der Waals surface area contributed by atoms with E-state index in [2.05, 4.69) is 10.3 Å². The van der Waals surface area contributed by atoms with Crippen LogP contribution in [0.2, 0.25) is 5.15 Å². The van der Waals surface area contributed by atoms with E-state index in [1.165, 1.54) is 12.3 Å². The van der Waals surface area contributed by atoms with Crippen LogP contribution in [0, 0.1) is 0 Å². The van der Waals surface area contributed by atoms with Gasteiger partial charge < -0.3 is 19.5 Å². The molecule has 1 unspecified atom stereocenters. The summed E-state index contributed by atoms with van der Waals surface area (Å²) in [5.41, 5.74) is 2.06. The van der Waals surface area contributed by atoms with E-state index >= 15 is 0 Å². The third-order valence-electron chi connectivity index (χ3n) is 5.04. The van der Waals surface area contributed by atoms with Crippen molar-refractivity contribution in [1.29, 1.82) is 0 Å². The second kappa shape index (κ2) is 12.5. The Hall–Kier alpha value is -3.91. The van der Waals surface area contributed by atoms with E-state index in [0.29, 0.717) is 11.1 Å². The molecule has 0 radical (unpaired) electrons. The van der Waals surface area contributed by atoms with Gasteiger partial charge in [0, 0.05) is 12.6 Å². The van der Waals surface area contributed by atoms with Crippen LogP contribution in [0.15, 0.2) is 66.9 Å². The molecule has 0 bridgehead atoms. The molecule has 9 heteroatoms. The minimum absolute atomic E-state index is 0.0325. The first kappa shape index (κ1) is 25.7. The molecule has 3 rings (SSSR count). The molecule has 0 aliphatic heterocycles. The first-order valence-corrected chi connectivity index (χ1v) is 11.3. The van der Waals surface area contributed by atoms with Crippen LogP contribution in [0.25, 0.3) is 0 Å². The van der Waals surface area contributed by atoms with Crippen LogP contribution in [0.1, 0.15) is 38.8 Å². The molecule has 0 saturated carbocycles. The molecule has 8 nitrogen and oxygen atoms in total. The summed E-state index contributed by atoms with van der Waals surface area (Å²) in [6, 6.07) is 15.9. The Bertz CT molecular complexity index is 1170. The van der Waals surface area contributed by atoms with Gasteiger partial charge in [0.1, 0.15) is 23.6 Å². The van der Waals surface area contributed by atoms with Crippen LogP contribution in [0.3, 0.4) is 0 Å². The summed E-state index contributed by atoms with van der Waals surface area (Å²) in [7, 11) is 1.58. The number of nitrogens with one attached hydrogen (secondary N) is 1. The zero-order valence-electron chi connectivity index (χ0n) is 19.3. The summed E-state index contributed by atoms with van der Waals surface area (Å²) >= 11 is 5.99. The van der Waals surface area contributed by atoms with Crippen molar-refractivity contribution in [2.75, 3.05) is 13.7 Å². The summed E-state index contributed by atoms with van der Waals surface area (Å²) < 4.78 is 15.6. The Morgan fingerprint density at radius 2 is 1.66 bits per heavy atom. The van der Waals surface area contributed by atoms with Crippen molar-refractivity contribution in [2.24, 2.45) is 0 Å². The standard InChI is InChI=1S/C26H25ClN2O6/c1-3-34-26(32)22(29-24(30)21-5-4-14-28-23(21)27)15-17-6-10-19(11-7-17)25(31)35-16-18-8-12-20(33-2)13-9-18/h4-14,22H,3,15-16H2,1-2H3,(H,29,30). The highest BCUT2D eigenvalue weighted by Gasteiger charge is 2.24. The second-order valence-electron chi connectivity index (χ2n) is 7.45. The average molecular weight is 497 g/mol. The Morgan fingerprint density at radius 3 is 2.29 bits per heavy atom. The minimum atomic E-state index is -0.952. The van der Waals surface area contributed by atoms with Crippen LogP contribution < -0.4 is 10.1 Å². The predicted molar refractivity (Wildman–Crippen MR) is 129 cm³/mol. The number of hydrogen-bond acceptors (Lipinski definition) is 7. The maximum Gasteiger partial charge on any atom is 0.338 e. The highest BCUT2D eigenvalue weighted by atomic mass is 35.5. The normalized spacial score (nSPS) is 11.3. The Kier molecular flexibility index (Phi) is 9.20. The smallest absolute Gasteiger partial charge is 0.338 e. The van der Waals surface area contributed by atoms with Crippen LogP contribution >= 0.6 is 11.6 Å². The molecule has 1 amide bonds. The molecule has 1 heterocycles. The van der Waals surface area contributed by atoms with Crippen LogP contribution in [0.4, 0.5) is 0 Å². The minimum Gasteiger partial charge on any atom is -0.497 e. The number of pyridine rings is 1. The van der Waals surface area contributed by atoms with Crippen LogP contribution in [0.5, 0.6) is 5.75 Å². The maximum atomic E-state index is 12.6. The lowest BCUT2D eigenvalue weighted by molar-refractivity contribution is -0.145. The van der Waals surface area contributed by atoms with Gasteiger partial charge in [-0.15, -0.1) is 0 Å². The summed E-state index contributed by atoms with van der Waals surface area (Å²) in [6.07, 6.45) is 1.62. The Labute approximate surface area is 208 Å². The van der Waals surface area contributed by atoms with E-state index in [1.54, 1.807) is 56.5 Å². The monoisotopic (exact) mass is 496 g/mol. The van der Waals surface area contributed by atoms with Gasteiger partial charge in [-0.1, -0.05) is 35.9 Å². The lowest BCUT2D eigenvalue weighted by atomic mass is 10.0. The van der Waals surface area contributed by atoms with Gasteiger partial charge in [-0.25, -0.2) is 14.6 Å². The van der Waals surface area contributed by atoms with Gasteiger partial charge in [-0.2, -0.15) is 0 Å². The third kappa shape index (κ3) is 7.28. The predicted octanol–water partition coefficient (Wildman–Crippen LogP) is 4.00. The van der Waals surface area contributed by atoms with Crippen molar-refractivity contribution >= 4 is 29.4 Å². The van der Waals surface area contributed by atoms with E-state index in [-0.39, 0.29) is 30.4 Å². The molecule has 2 aromatic carbocycles. The number of carbonyl (C=O) groups excluding carboxylic acids is 3. The summed E-state index contributed by atoms with van der Waals surface area (Å²) in [4.78, 5) is 41.4. The molecule has 0 aliphatic rings. The van der Waals surface area contributed by atoms with Crippen molar-refractivity contribution in [3.8, 4) is 5.75 Å². The molecule has 1 aromatic heterocycles. The van der Waals surface area contributed by atoms with Gasteiger partial charge in [0.15, 0.2) is 0 Å². The number of nitrogens with zero attached hydrogens (tertiary/aromatic N) is 1. The highest BCUT2D eigenvalue weighted by molar-refractivity contribution is 6.32. The fourth-order valence-corrected chi connectivity index (χ4v) is 3.40. The lowest BCUT2D eigenvalue weighted by Gasteiger charge is -2.18. The molecular formula is C26H25ClN2O6. The Morgan fingerprint density at radius 1 is 0.971 bits per heavy atom. The molecular weight excluding hydrogens is 472 g/mol. The number of esters is 2. The van der Waals surface area contributed by atoms with Crippen molar-refractivity contribution in [2.45, 2.75) is 26.0 Å². The number of carbonyl (C=O) groups is 3. The van der Waals surface area contributed by atoms with Gasteiger partial charge >= 0.3 is 11.9 Å². The highest BCUT2D eigenvalue weighted by Crippen LogP contribution is 2.15. The molecule has 1 atom stereocenters. The Balaban J connectivity index is 1.63. The van der Waals surface area contributed by atoms with Gasteiger partial charge in [0.05, 0.1) is 24.8 Å². The molecule has 0 spiro atoms. The number of benzene rings is 2. The number of halogens is 1. The van der Waals surface area contributed by atoms with E-state index in [9.17, 15) is 14.4 Å². The molecule has 182 valence electrons. The molecule has 0 fully saturated rings. The number of rotatable bonds is 10. The molecule has 35 heavy (non-hydrogen) atoms. The molecule has 0 saturated heterocycles. The fourth-order valence-electron chi connectivity index (χ4n) is 3.19. The fraction of sp³-hybridized carbons (Fsp3) is 0.231. The zero-order chi connectivity index (χ0) is 25.2. The quantitative estimate of drug-likeness (QED) is 0.334. The summed E-state index contributed by atoms with van der Waals surface area (Å²) in [5.74, 6) is -0.880. The number of methoxy groups -OCH3 is 1. The summed E-state index contributed by atoms with van der Waals surface area (Å²) in [6.45, 7) is 1.97. The van der Waals surface area contributed by atoms with E-state index in [0.717, 1.165) is 11.3 Å². The number of aromatic nitrogens is 1. The van der Waals surface area contributed by atoms with Gasteiger partial charge in [-0.05, 0) is 54.4 Å². The van der Waals surface area contributed by atoms with E-state index in [4.69, 9.17) is 25.8 Å². The van der Waals surface area contributed by atoms with Crippen molar-refractivity contribution in [3.63, 3.8) is 0 Å². The first-order chi connectivity index (χ1) is 16.9. The van der Waals surface area contributed by atoms with Crippen molar-refractivity contribution < 1.29 is 28.6 Å². The van der Waals surface area contributed by atoms with Gasteiger partial charge in [-0.3, -0.25) is 4.79 Å². The van der Waals surface area contributed by atoms with Crippen molar-refractivity contribution in [1.82, 2.24) is 10.3 Å². The maximum absolute atomic E-state index is 12.6. The number of ether oxygens (including phenoxy) is 3. The molecule has 0 aliphatic carbocycles. The van der Waals surface area contributed by atoms with Crippen molar-refractivity contribution in [3.05, 3.63) is 94.3 Å². The van der Waals surface area contributed by atoms with Crippen LogP contribution in [-0.4, -0.2) is 42.6 Å². The van der Waals surface area contributed by atoms with Gasteiger partial charge in [0.25, 0.3) is 5.91 Å². The largest absolute Gasteiger partial charge is 0.497 e. The first-order valence-electron chi connectivity index (χ1n) is 10.9. The zero-order valence-corrected chi connectivity index (χ0v) is 20.1. The number of amides is 1. The van der Waals surface area contributed by atoms with E-state index < -0.39 is 23.9 Å². The second-order valence-corrected chi connectivity index (χ2v) is 7.80. The topological polar surface area (TPSA) is 104 Å². The summed E-state index contributed by atoms with van der Waals surface area (Å²) in [5, 5.41) is 2.69. The average Bonchev–Trinajstić information content (AvgIpc) is 2.88. The SMILES string of the molecule is CCOC(=O)C(Cc1ccc(C(=O)OCc2ccc(OC)cc2)cc1)NC(=O)c1cccnc1Cl. The van der Waals surface area contributed by atoms with Gasteiger partial charge in [0.2, 0.25) is 0 Å². The van der Waals surface area contributed by atoms with E-state index in [1.807, 2.05) is 12.1 Å². The third-order valence-corrected chi connectivity index (χ3v) is 5.34.